The van der Waals surface area contributed by atoms with Gasteiger partial charge in [0.25, 0.3) is 0 Å². The number of benzene rings is 1. The molecule has 3 rings (SSSR count). The molecule has 2 fully saturated rings. The standard InChI is InChI=1S/C18H24BrNO3/c1-18(2,3)23-17(21)20-10-16(13-4-5-13)22-11-15(20)12-6-8-14(19)9-7-12/h6-9,13,15-16H,4-5,10-11H2,1-3H3/t15-,16+/m1/s1. The van der Waals surface area contributed by atoms with E-state index in [-0.39, 0.29) is 18.2 Å². The zero-order valence-electron chi connectivity index (χ0n) is 13.9. The molecule has 1 saturated carbocycles. The summed E-state index contributed by atoms with van der Waals surface area (Å²) in [6.07, 6.45) is 2.31. The second-order valence-electron chi connectivity index (χ2n) is 7.41. The summed E-state index contributed by atoms with van der Waals surface area (Å²) in [5.41, 5.74) is 0.586. The maximum absolute atomic E-state index is 12.7. The third-order valence-electron chi connectivity index (χ3n) is 4.25. The molecule has 0 N–H and O–H groups in total. The van der Waals surface area contributed by atoms with Gasteiger partial charge < -0.3 is 9.47 Å². The van der Waals surface area contributed by atoms with Gasteiger partial charge in [-0.15, -0.1) is 0 Å². The Morgan fingerprint density at radius 2 is 1.91 bits per heavy atom. The van der Waals surface area contributed by atoms with Gasteiger partial charge in [-0.25, -0.2) is 4.79 Å². The highest BCUT2D eigenvalue weighted by Gasteiger charge is 2.41. The third-order valence-corrected chi connectivity index (χ3v) is 4.78. The monoisotopic (exact) mass is 381 g/mol. The summed E-state index contributed by atoms with van der Waals surface area (Å²) < 4.78 is 12.7. The van der Waals surface area contributed by atoms with Crippen LogP contribution in [0.25, 0.3) is 0 Å². The molecule has 1 aromatic carbocycles. The summed E-state index contributed by atoms with van der Waals surface area (Å²) in [7, 11) is 0. The molecule has 4 nitrogen and oxygen atoms in total. The number of rotatable bonds is 2. The SMILES string of the molecule is CC(C)(C)OC(=O)N1C[C@@H](C2CC2)OC[C@@H]1c1ccc(Br)cc1. The van der Waals surface area contributed by atoms with Crippen LogP contribution in [0.2, 0.25) is 0 Å². The summed E-state index contributed by atoms with van der Waals surface area (Å²) in [5, 5.41) is 0. The fourth-order valence-electron chi connectivity index (χ4n) is 2.92. The number of nitrogens with zero attached hydrogens (tertiary/aromatic N) is 1. The quantitative estimate of drug-likeness (QED) is 0.754. The van der Waals surface area contributed by atoms with Gasteiger partial charge in [0.05, 0.1) is 25.3 Å². The molecule has 23 heavy (non-hydrogen) atoms. The van der Waals surface area contributed by atoms with Gasteiger partial charge in [0, 0.05) is 4.47 Å². The number of carbonyl (C=O) groups excluding carboxylic acids is 1. The van der Waals surface area contributed by atoms with E-state index in [0.29, 0.717) is 19.1 Å². The molecule has 126 valence electrons. The molecular formula is C18H24BrNO3. The highest BCUT2D eigenvalue weighted by atomic mass is 79.9. The molecule has 1 amide bonds. The van der Waals surface area contributed by atoms with E-state index in [9.17, 15) is 4.79 Å². The van der Waals surface area contributed by atoms with Crippen LogP contribution in [0.1, 0.15) is 45.2 Å². The van der Waals surface area contributed by atoms with E-state index in [1.54, 1.807) is 0 Å². The van der Waals surface area contributed by atoms with Crippen LogP contribution in [0.5, 0.6) is 0 Å². The number of amides is 1. The number of ether oxygens (including phenoxy) is 2. The Kier molecular flexibility index (Phi) is 4.70. The number of carbonyl (C=O) groups is 1. The Morgan fingerprint density at radius 1 is 1.26 bits per heavy atom. The maximum Gasteiger partial charge on any atom is 0.410 e. The summed E-state index contributed by atoms with van der Waals surface area (Å²) in [4.78, 5) is 14.5. The van der Waals surface area contributed by atoms with Crippen LogP contribution in [0.15, 0.2) is 28.7 Å². The van der Waals surface area contributed by atoms with Gasteiger partial charge in [-0.1, -0.05) is 28.1 Å². The molecule has 5 heteroatoms. The van der Waals surface area contributed by atoms with Crippen LogP contribution in [-0.2, 0) is 9.47 Å². The fraction of sp³-hybridized carbons (Fsp3) is 0.611. The first kappa shape index (κ1) is 16.8. The molecule has 0 radical (unpaired) electrons. The van der Waals surface area contributed by atoms with E-state index in [2.05, 4.69) is 15.9 Å². The van der Waals surface area contributed by atoms with Gasteiger partial charge in [-0.05, 0) is 57.2 Å². The van der Waals surface area contributed by atoms with E-state index in [1.807, 2.05) is 49.9 Å². The van der Waals surface area contributed by atoms with Crippen LogP contribution in [0, 0.1) is 5.92 Å². The van der Waals surface area contributed by atoms with Crippen molar-refractivity contribution in [1.82, 2.24) is 4.90 Å². The largest absolute Gasteiger partial charge is 0.444 e. The lowest BCUT2D eigenvalue weighted by Crippen LogP contribution is -2.49. The van der Waals surface area contributed by atoms with Crippen molar-refractivity contribution >= 4 is 22.0 Å². The minimum atomic E-state index is -0.491. The molecular weight excluding hydrogens is 358 g/mol. The van der Waals surface area contributed by atoms with Crippen LogP contribution in [0.3, 0.4) is 0 Å². The Labute approximate surface area is 146 Å². The molecule has 0 spiro atoms. The Hall–Kier alpha value is -1.07. The van der Waals surface area contributed by atoms with E-state index in [1.165, 1.54) is 12.8 Å². The number of halogens is 1. The lowest BCUT2D eigenvalue weighted by atomic mass is 10.0. The minimum absolute atomic E-state index is 0.0899. The van der Waals surface area contributed by atoms with Crippen LogP contribution >= 0.6 is 15.9 Å². The predicted octanol–water partition coefficient (Wildman–Crippen LogP) is 4.54. The Bertz CT molecular complexity index is 563. The maximum atomic E-state index is 12.7. The number of hydrogen-bond donors (Lipinski definition) is 0. The van der Waals surface area contributed by atoms with Gasteiger partial charge in [0.1, 0.15) is 5.60 Å². The fourth-order valence-corrected chi connectivity index (χ4v) is 3.18. The Balaban J connectivity index is 1.80. The second kappa shape index (κ2) is 6.44. The van der Waals surface area contributed by atoms with Gasteiger partial charge in [0.15, 0.2) is 0 Å². The van der Waals surface area contributed by atoms with E-state index < -0.39 is 5.60 Å². The average molecular weight is 382 g/mol. The second-order valence-corrected chi connectivity index (χ2v) is 8.32. The third kappa shape index (κ3) is 4.27. The van der Waals surface area contributed by atoms with Crippen molar-refractivity contribution in [2.75, 3.05) is 13.2 Å². The number of hydrogen-bond acceptors (Lipinski definition) is 3. The van der Waals surface area contributed by atoms with E-state index >= 15 is 0 Å². The summed E-state index contributed by atoms with van der Waals surface area (Å²) in [6.45, 7) is 6.84. The zero-order valence-corrected chi connectivity index (χ0v) is 15.5. The van der Waals surface area contributed by atoms with Crippen molar-refractivity contribution in [3.05, 3.63) is 34.3 Å². The molecule has 1 aliphatic heterocycles. The van der Waals surface area contributed by atoms with Crippen molar-refractivity contribution in [1.29, 1.82) is 0 Å². The first-order chi connectivity index (χ1) is 10.8. The van der Waals surface area contributed by atoms with E-state index in [0.717, 1.165) is 10.0 Å². The minimum Gasteiger partial charge on any atom is -0.444 e. The van der Waals surface area contributed by atoms with Crippen molar-refractivity contribution in [2.45, 2.75) is 51.4 Å². The topological polar surface area (TPSA) is 38.8 Å². The molecule has 1 aliphatic carbocycles. The highest BCUT2D eigenvalue weighted by molar-refractivity contribution is 9.10. The zero-order chi connectivity index (χ0) is 16.6. The first-order valence-corrected chi connectivity index (χ1v) is 8.99. The number of morpholine rings is 1. The molecule has 1 aromatic rings. The van der Waals surface area contributed by atoms with Crippen molar-refractivity contribution in [3.63, 3.8) is 0 Å². The summed E-state index contributed by atoms with van der Waals surface area (Å²) >= 11 is 3.45. The molecule has 1 heterocycles. The van der Waals surface area contributed by atoms with Crippen molar-refractivity contribution < 1.29 is 14.3 Å². The first-order valence-electron chi connectivity index (χ1n) is 8.20. The lowest BCUT2D eigenvalue weighted by Gasteiger charge is -2.40. The van der Waals surface area contributed by atoms with E-state index in [4.69, 9.17) is 9.47 Å². The molecule has 0 aromatic heterocycles. The molecule has 2 atom stereocenters. The molecule has 1 saturated heterocycles. The molecule has 0 bridgehead atoms. The lowest BCUT2D eigenvalue weighted by molar-refractivity contribution is -0.0780. The predicted molar refractivity (Wildman–Crippen MR) is 92.3 cm³/mol. The van der Waals surface area contributed by atoms with Crippen LogP contribution < -0.4 is 0 Å². The van der Waals surface area contributed by atoms with Gasteiger partial charge in [-0.2, -0.15) is 0 Å². The van der Waals surface area contributed by atoms with Crippen LogP contribution in [-0.4, -0.2) is 35.8 Å². The van der Waals surface area contributed by atoms with Gasteiger partial charge in [0.2, 0.25) is 0 Å². The summed E-state index contributed by atoms with van der Waals surface area (Å²) in [6, 6.07) is 7.97. The van der Waals surface area contributed by atoms with Crippen molar-refractivity contribution in [3.8, 4) is 0 Å². The molecule has 0 unspecified atom stereocenters. The average Bonchev–Trinajstić information content (AvgIpc) is 3.30. The highest BCUT2D eigenvalue weighted by Crippen LogP contribution is 2.39. The normalized spacial score (nSPS) is 25.3. The summed E-state index contributed by atoms with van der Waals surface area (Å²) in [5.74, 6) is 0.603. The smallest absolute Gasteiger partial charge is 0.410 e. The Morgan fingerprint density at radius 3 is 2.48 bits per heavy atom. The van der Waals surface area contributed by atoms with Crippen molar-refractivity contribution in [2.24, 2.45) is 5.92 Å². The van der Waals surface area contributed by atoms with Gasteiger partial charge in [-0.3, -0.25) is 4.90 Å². The molecule has 2 aliphatic rings. The van der Waals surface area contributed by atoms with Crippen LogP contribution in [0.4, 0.5) is 4.79 Å². The van der Waals surface area contributed by atoms with Gasteiger partial charge >= 0.3 is 6.09 Å².